The maximum Gasteiger partial charge on any atom is 0.153 e. The standard InChI is InChI=1S/C59H46N2O3Si/c1-59(2)47-20-8-10-23-51(47)63-57-45(18-14-21-48(57)59)39-28-32-42(33-29-39)60(44-36-37-50-54(38-44)62-52-24-11-9-22-49(52)61(50)41-16-6-5-7-17-41)43-34-30-40(31-35-43)46-19-15-27-56-58(46)64-53-25-12-13-26-55(53)65(56,3)4/h5-38H,1-4H3. The van der Waals surface area contributed by atoms with Gasteiger partial charge in [0.25, 0.3) is 0 Å². The molecule has 0 fully saturated rings. The van der Waals surface area contributed by atoms with Gasteiger partial charge >= 0.3 is 0 Å². The normalized spacial score (nSPS) is 14.4. The third-order valence-electron chi connectivity index (χ3n) is 13.6. The molecule has 0 bridgehead atoms. The molecule has 0 radical (unpaired) electrons. The van der Waals surface area contributed by atoms with E-state index in [9.17, 15) is 0 Å². The molecule has 9 aromatic rings. The van der Waals surface area contributed by atoms with E-state index in [1.165, 1.54) is 21.5 Å². The zero-order chi connectivity index (χ0) is 43.9. The first-order valence-corrected chi connectivity index (χ1v) is 25.3. The van der Waals surface area contributed by atoms with Crippen LogP contribution in [0.3, 0.4) is 0 Å². The van der Waals surface area contributed by atoms with Crippen LogP contribution in [-0.2, 0) is 5.41 Å². The number of hydrogen-bond donors (Lipinski definition) is 0. The average Bonchev–Trinajstić information content (AvgIpc) is 3.34. The number of hydrogen-bond acceptors (Lipinski definition) is 5. The van der Waals surface area contributed by atoms with Gasteiger partial charge in [-0.1, -0.05) is 154 Å². The number of para-hydroxylation sites is 7. The van der Waals surface area contributed by atoms with Crippen LogP contribution in [0.5, 0.6) is 34.5 Å². The molecular formula is C59H46N2O3Si. The first-order chi connectivity index (χ1) is 31.7. The molecule has 0 unspecified atom stereocenters. The van der Waals surface area contributed by atoms with Crippen LogP contribution in [0.4, 0.5) is 34.1 Å². The predicted molar refractivity (Wildman–Crippen MR) is 269 cm³/mol. The molecule has 3 aliphatic heterocycles. The van der Waals surface area contributed by atoms with E-state index in [0.717, 1.165) is 90.9 Å². The fraction of sp³-hybridized carbons (Fsp3) is 0.0847. The van der Waals surface area contributed by atoms with Crippen molar-refractivity contribution in [3.8, 4) is 56.8 Å². The second kappa shape index (κ2) is 14.9. The van der Waals surface area contributed by atoms with Crippen molar-refractivity contribution in [2.45, 2.75) is 32.4 Å². The Morgan fingerprint density at radius 2 is 0.954 bits per heavy atom. The van der Waals surface area contributed by atoms with Crippen molar-refractivity contribution in [3.63, 3.8) is 0 Å². The molecule has 0 saturated heterocycles. The molecule has 0 N–H and O–H groups in total. The first-order valence-electron chi connectivity index (χ1n) is 22.3. The Morgan fingerprint density at radius 3 is 1.69 bits per heavy atom. The van der Waals surface area contributed by atoms with E-state index < -0.39 is 8.07 Å². The molecule has 0 saturated carbocycles. The third kappa shape index (κ3) is 6.27. The molecule has 0 amide bonds. The molecule has 9 aromatic carbocycles. The number of fused-ring (bicyclic) bond motifs is 6. The lowest BCUT2D eigenvalue weighted by molar-refractivity contribution is 0.419. The van der Waals surface area contributed by atoms with Gasteiger partial charge in [-0.15, -0.1) is 0 Å². The highest BCUT2D eigenvalue weighted by atomic mass is 28.3. The minimum Gasteiger partial charge on any atom is -0.457 e. The highest BCUT2D eigenvalue weighted by Crippen LogP contribution is 2.54. The predicted octanol–water partition coefficient (Wildman–Crippen LogP) is 15.4. The van der Waals surface area contributed by atoms with Gasteiger partial charge in [-0.3, -0.25) is 0 Å². The Morgan fingerprint density at radius 1 is 0.415 bits per heavy atom. The van der Waals surface area contributed by atoms with Gasteiger partial charge in [0, 0.05) is 56.5 Å². The van der Waals surface area contributed by atoms with Gasteiger partial charge in [0.1, 0.15) is 31.1 Å². The van der Waals surface area contributed by atoms with Gasteiger partial charge in [0.2, 0.25) is 0 Å². The lowest BCUT2D eigenvalue weighted by Gasteiger charge is -2.35. The zero-order valence-corrected chi connectivity index (χ0v) is 37.7. The molecule has 3 heterocycles. The Bertz CT molecular complexity index is 3150. The lowest BCUT2D eigenvalue weighted by atomic mass is 9.75. The average molecular weight is 859 g/mol. The van der Waals surface area contributed by atoms with Crippen molar-refractivity contribution in [2.75, 3.05) is 9.80 Å². The van der Waals surface area contributed by atoms with E-state index in [4.69, 9.17) is 14.2 Å². The summed E-state index contributed by atoms with van der Waals surface area (Å²) in [6.45, 7) is 9.40. The van der Waals surface area contributed by atoms with E-state index >= 15 is 0 Å². The lowest BCUT2D eigenvalue weighted by Crippen LogP contribution is -2.56. The Kier molecular flexibility index (Phi) is 8.90. The second-order valence-corrected chi connectivity index (χ2v) is 22.5. The molecule has 12 rings (SSSR count). The Balaban J connectivity index is 0.963. The summed E-state index contributed by atoms with van der Waals surface area (Å²) in [5.41, 5.74) is 12.6. The third-order valence-corrected chi connectivity index (χ3v) is 17.1. The molecule has 0 aromatic heterocycles. The van der Waals surface area contributed by atoms with Crippen molar-refractivity contribution in [1.82, 2.24) is 0 Å². The van der Waals surface area contributed by atoms with Crippen LogP contribution in [0.15, 0.2) is 206 Å². The minimum absolute atomic E-state index is 0.206. The van der Waals surface area contributed by atoms with Crippen molar-refractivity contribution in [3.05, 3.63) is 217 Å². The number of anilines is 6. The van der Waals surface area contributed by atoms with Crippen molar-refractivity contribution in [1.29, 1.82) is 0 Å². The Hall–Kier alpha value is -7.80. The van der Waals surface area contributed by atoms with E-state index in [1.54, 1.807) is 0 Å². The summed E-state index contributed by atoms with van der Waals surface area (Å²) in [5, 5.41) is 2.65. The highest BCUT2D eigenvalue weighted by molar-refractivity contribution is 7.01. The van der Waals surface area contributed by atoms with E-state index in [1.807, 2.05) is 18.2 Å². The van der Waals surface area contributed by atoms with Gasteiger partial charge in [0.15, 0.2) is 11.5 Å². The monoisotopic (exact) mass is 858 g/mol. The van der Waals surface area contributed by atoms with Crippen LogP contribution in [-0.4, -0.2) is 8.07 Å². The van der Waals surface area contributed by atoms with Crippen LogP contribution in [0.25, 0.3) is 22.3 Å². The molecule has 314 valence electrons. The van der Waals surface area contributed by atoms with E-state index in [2.05, 4.69) is 225 Å². The van der Waals surface area contributed by atoms with Crippen LogP contribution >= 0.6 is 0 Å². The maximum atomic E-state index is 6.74. The van der Waals surface area contributed by atoms with E-state index in [0.29, 0.717) is 0 Å². The van der Waals surface area contributed by atoms with Crippen LogP contribution in [0, 0.1) is 0 Å². The van der Waals surface area contributed by atoms with Gasteiger partial charge < -0.3 is 24.0 Å². The molecule has 0 atom stereocenters. The molecule has 65 heavy (non-hydrogen) atoms. The number of ether oxygens (including phenoxy) is 3. The summed E-state index contributed by atoms with van der Waals surface area (Å²) >= 11 is 0. The number of nitrogens with zero attached hydrogens (tertiary/aromatic N) is 2. The summed E-state index contributed by atoms with van der Waals surface area (Å²) in [6.07, 6.45) is 0. The SMILES string of the molecule is CC1(C)c2ccccc2Oc2c(-c3ccc(N(c4ccc(-c5cccc6c5Oc5ccccc5[Si]6(C)C)cc4)c4ccc5c(c4)Oc4ccccc4N5c4ccccc4)cc3)cccc21. The topological polar surface area (TPSA) is 34.2 Å². The molecular weight excluding hydrogens is 813 g/mol. The molecule has 3 aliphatic rings. The second-order valence-electron chi connectivity index (χ2n) is 18.1. The molecule has 0 spiro atoms. The summed E-state index contributed by atoms with van der Waals surface area (Å²) in [7, 11) is -1.99. The van der Waals surface area contributed by atoms with Gasteiger partial charge in [-0.2, -0.15) is 0 Å². The molecule has 6 heteroatoms. The van der Waals surface area contributed by atoms with Crippen molar-refractivity contribution in [2.24, 2.45) is 0 Å². The van der Waals surface area contributed by atoms with Crippen molar-refractivity contribution >= 4 is 52.6 Å². The summed E-state index contributed by atoms with van der Waals surface area (Å²) in [4.78, 5) is 4.59. The Labute approximate surface area is 381 Å². The largest absolute Gasteiger partial charge is 0.457 e. The van der Waals surface area contributed by atoms with E-state index in [-0.39, 0.29) is 5.41 Å². The number of benzene rings is 9. The van der Waals surface area contributed by atoms with Gasteiger partial charge in [-0.25, -0.2) is 0 Å². The first kappa shape index (κ1) is 38.8. The summed E-state index contributed by atoms with van der Waals surface area (Å²) in [6, 6.07) is 73.0. The maximum absolute atomic E-state index is 6.74. The van der Waals surface area contributed by atoms with Crippen LogP contribution in [0.2, 0.25) is 13.1 Å². The van der Waals surface area contributed by atoms with Gasteiger partial charge in [-0.05, 0) is 94.3 Å². The molecule has 0 aliphatic carbocycles. The quantitative estimate of drug-likeness (QED) is 0.156. The zero-order valence-electron chi connectivity index (χ0n) is 36.7. The smallest absolute Gasteiger partial charge is 0.153 e. The van der Waals surface area contributed by atoms with Gasteiger partial charge in [0.05, 0.1) is 11.4 Å². The highest BCUT2D eigenvalue weighted by Gasteiger charge is 2.38. The fourth-order valence-electron chi connectivity index (χ4n) is 10.2. The minimum atomic E-state index is -1.99. The summed E-state index contributed by atoms with van der Waals surface area (Å²) in [5.74, 6) is 5.34. The fourth-order valence-corrected chi connectivity index (χ4v) is 13.0. The molecule has 5 nitrogen and oxygen atoms in total. The van der Waals surface area contributed by atoms with Crippen molar-refractivity contribution < 1.29 is 14.2 Å². The number of rotatable bonds is 6. The van der Waals surface area contributed by atoms with Crippen LogP contribution in [0.1, 0.15) is 25.0 Å². The van der Waals surface area contributed by atoms with Crippen LogP contribution < -0.4 is 34.4 Å². The summed E-state index contributed by atoms with van der Waals surface area (Å²) < 4.78 is 20.2.